The van der Waals surface area contributed by atoms with E-state index in [-0.39, 0.29) is 5.91 Å². The second-order valence-electron chi connectivity index (χ2n) is 4.74. The van der Waals surface area contributed by atoms with Crippen molar-refractivity contribution in [2.75, 3.05) is 12.9 Å². The number of rotatable bonds is 4. The van der Waals surface area contributed by atoms with Gasteiger partial charge in [-0.15, -0.1) is 0 Å². The minimum atomic E-state index is -0.0746. The van der Waals surface area contributed by atoms with Crippen LogP contribution in [-0.2, 0) is 4.79 Å². The highest BCUT2D eigenvalue weighted by Gasteiger charge is 2.27. The van der Waals surface area contributed by atoms with Gasteiger partial charge in [0.15, 0.2) is 5.17 Å². The molecule has 6 heteroatoms. The molecule has 5 nitrogen and oxygen atoms in total. The zero-order valence-corrected chi connectivity index (χ0v) is 13.4. The van der Waals surface area contributed by atoms with Crippen LogP contribution in [0.2, 0.25) is 0 Å². The minimum absolute atomic E-state index is 0.0746. The third-order valence-corrected chi connectivity index (χ3v) is 4.07. The fourth-order valence-corrected chi connectivity index (χ4v) is 2.80. The van der Waals surface area contributed by atoms with Crippen molar-refractivity contribution < 1.29 is 9.53 Å². The van der Waals surface area contributed by atoms with Gasteiger partial charge in [0.1, 0.15) is 5.75 Å². The number of aliphatic imine (C=N–C) groups is 1. The molecule has 0 atom stereocenters. The lowest BCUT2D eigenvalue weighted by molar-refractivity contribution is -0.124. The monoisotopic (exact) mass is 325 g/mol. The van der Waals surface area contributed by atoms with Gasteiger partial charge in [-0.2, -0.15) is 10.1 Å². The zero-order chi connectivity index (χ0) is 16.1. The molecule has 3 rings (SSSR count). The van der Waals surface area contributed by atoms with Crippen molar-refractivity contribution in [3.8, 4) is 5.75 Å². The Labute approximate surface area is 138 Å². The molecule has 1 amide bonds. The summed E-state index contributed by atoms with van der Waals surface area (Å²) in [5, 5.41) is 6.19. The van der Waals surface area contributed by atoms with Gasteiger partial charge in [0.2, 0.25) is 0 Å². The van der Waals surface area contributed by atoms with E-state index in [9.17, 15) is 4.79 Å². The molecule has 1 fully saturated rings. The van der Waals surface area contributed by atoms with Gasteiger partial charge < -0.3 is 4.74 Å². The highest BCUT2D eigenvalue weighted by molar-refractivity contribution is 8.15. The van der Waals surface area contributed by atoms with Crippen LogP contribution >= 0.6 is 11.8 Å². The number of methoxy groups -OCH3 is 1. The van der Waals surface area contributed by atoms with Crippen LogP contribution < -0.4 is 4.74 Å². The van der Waals surface area contributed by atoms with E-state index in [0.717, 1.165) is 17.0 Å². The second kappa shape index (κ2) is 7.11. The van der Waals surface area contributed by atoms with Gasteiger partial charge in [0, 0.05) is 0 Å². The fourth-order valence-electron chi connectivity index (χ4n) is 1.98. The van der Waals surface area contributed by atoms with E-state index in [1.54, 1.807) is 13.3 Å². The fraction of sp³-hybridized carbons (Fsp3) is 0.118. The summed E-state index contributed by atoms with van der Waals surface area (Å²) in [4.78, 5) is 16.5. The Morgan fingerprint density at radius 2 is 1.87 bits per heavy atom. The normalized spacial score (nSPS) is 16.5. The summed E-state index contributed by atoms with van der Waals surface area (Å²) < 4.78 is 5.12. The van der Waals surface area contributed by atoms with Crippen molar-refractivity contribution >= 4 is 34.7 Å². The van der Waals surface area contributed by atoms with Crippen molar-refractivity contribution in [2.24, 2.45) is 10.1 Å². The summed E-state index contributed by atoms with van der Waals surface area (Å²) in [5.41, 5.74) is 1.68. The molecule has 0 aromatic heterocycles. The Balaban J connectivity index is 1.81. The van der Waals surface area contributed by atoms with Crippen LogP contribution in [0.15, 0.2) is 64.7 Å². The van der Waals surface area contributed by atoms with E-state index < -0.39 is 0 Å². The van der Waals surface area contributed by atoms with E-state index in [1.165, 1.54) is 16.8 Å². The summed E-state index contributed by atoms with van der Waals surface area (Å²) in [6, 6.07) is 17.0. The maximum absolute atomic E-state index is 12.0. The van der Waals surface area contributed by atoms with Crippen LogP contribution in [0.1, 0.15) is 5.56 Å². The van der Waals surface area contributed by atoms with Gasteiger partial charge in [-0.05, 0) is 29.8 Å². The summed E-state index contributed by atoms with van der Waals surface area (Å²) in [6.45, 7) is 0. The third-order valence-electron chi connectivity index (χ3n) is 3.16. The van der Waals surface area contributed by atoms with Crippen molar-refractivity contribution in [3.63, 3.8) is 0 Å². The maximum atomic E-state index is 12.0. The largest absolute Gasteiger partial charge is 0.497 e. The van der Waals surface area contributed by atoms with Gasteiger partial charge >= 0.3 is 0 Å². The van der Waals surface area contributed by atoms with Crippen LogP contribution in [-0.4, -0.2) is 35.2 Å². The number of carbonyl (C=O) groups is 1. The van der Waals surface area contributed by atoms with Gasteiger partial charge in [-0.3, -0.25) is 4.79 Å². The summed E-state index contributed by atoms with van der Waals surface area (Å²) >= 11 is 1.38. The minimum Gasteiger partial charge on any atom is -0.497 e. The Bertz CT molecular complexity index is 742. The first-order valence-corrected chi connectivity index (χ1v) is 8.02. The van der Waals surface area contributed by atoms with Crippen molar-refractivity contribution in [2.45, 2.75) is 0 Å². The smallest absolute Gasteiger partial charge is 0.259 e. The van der Waals surface area contributed by atoms with Gasteiger partial charge in [0.25, 0.3) is 5.91 Å². The molecule has 116 valence electrons. The van der Waals surface area contributed by atoms with E-state index in [2.05, 4.69) is 10.1 Å². The van der Waals surface area contributed by atoms with Crippen LogP contribution in [0.3, 0.4) is 0 Å². The topological polar surface area (TPSA) is 54.3 Å². The van der Waals surface area contributed by atoms with E-state index in [1.807, 2.05) is 54.6 Å². The highest BCUT2D eigenvalue weighted by atomic mass is 32.2. The van der Waals surface area contributed by atoms with Gasteiger partial charge in [0.05, 0.1) is 24.8 Å². The number of benzene rings is 2. The Kier molecular flexibility index (Phi) is 4.73. The molecule has 1 heterocycles. The predicted octanol–water partition coefficient (Wildman–Crippen LogP) is 3.29. The Morgan fingerprint density at radius 1 is 1.13 bits per heavy atom. The predicted molar refractivity (Wildman–Crippen MR) is 93.4 cm³/mol. The maximum Gasteiger partial charge on any atom is 0.259 e. The Hall–Kier alpha value is -2.60. The lowest BCUT2D eigenvalue weighted by Gasteiger charge is -2.09. The molecule has 0 aliphatic carbocycles. The molecule has 1 saturated heterocycles. The number of ether oxygens (including phenoxy) is 1. The summed E-state index contributed by atoms with van der Waals surface area (Å²) in [6.07, 6.45) is 1.66. The molecule has 0 unspecified atom stereocenters. The second-order valence-corrected chi connectivity index (χ2v) is 5.68. The molecule has 23 heavy (non-hydrogen) atoms. The first-order chi connectivity index (χ1) is 11.3. The van der Waals surface area contributed by atoms with E-state index >= 15 is 0 Å². The SMILES string of the molecule is COc1ccc(N=C2SCC(=O)N2/N=C/c2ccccc2)cc1. The molecule has 0 N–H and O–H groups in total. The lowest BCUT2D eigenvalue weighted by atomic mass is 10.2. The average molecular weight is 325 g/mol. The first kappa shape index (κ1) is 15.3. The molecular formula is C17H15N3O2S. The Morgan fingerprint density at radius 3 is 2.57 bits per heavy atom. The van der Waals surface area contributed by atoms with Crippen molar-refractivity contribution in [3.05, 3.63) is 60.2 Å². The first-order valence-electron chi connectivity index (χ1n) is 7.04. The third kappa shape index (κ3) is 3.78. The number of hydrazone groups is 1. The number of carbonyl (C=O) groups excluding carboxylic acids is 1. The van der Waals surface area contributed by atoms with E-state index in [0.29, 0.717) is 10.9 Å². The van der Waals surface area contributed by atoms with Crippen molar-refractivity contribution in [1.82, 2.24) is 5.01 Å². The van der Waals surface area contributed by atoms with Crippen LogP contribution in [0.4, 0.5) is 5.69 Å². The lowest BCUT2D eigenvalue weighted by Crippen LogP contribution is -2.23. The molecule has 1 aliphatic rings. The number of amides is 1. The number of amidine groups is 1. The molecule has 0 spiro atoms. The summed E-state index contributed by atoms with van der Waals surface area (Å²) in [7, 11) is 1.62. The van der Waals surface area contributed by atoms with E-state index in [4.69, 9.17) is 4.74 Å². The van der Waals surface area contributed by atoms with Crippen LogP contribution in [0.5, 0.6) is 5.75 Å². The van der Waals surface area contributed by atoms with Gasteiger partial charge in [-0.25, -0.2) is 4.99 Å². The number of thioether (sulfide) groups is 1. The van der Waals surface area contributed by atoms with Crippen LogP contribution in [0, 0.1) is 0 Å². The molecule has 0 saturated carbocycles. The molecule has 1 aliphatic heterocycles. The average Bonchev–Trinajstić information content (AvgIpc) is 2.94. The molecular weight excluding hydrogens is 310 g/mol. The van der Waals surface area contributed by atoms with Crippen LogP contribution in [0.25, 0.3) is 0 Å². The number of nitrogens with zero attached hydrogens (tertiary/aromatic N) is 3. The molecule has 2 aromatic carbocycles. The van der Waals surface area contributed by atoms with Gasteiger partial charge in [-0.1, -0.05) is 42.1 Å². The molecule has 2 aromatic rings. The standard InChI is InChI=1S/C17H15N3O2S/c1-22-15-9-7-14(8-10-15)19-17-20(16(21)12-23-17)18-11-13-5-3-2-4-6-13/h2-11H,12H2,1H3/b18-11+,19-17?. The zero-order valence-electron chi connectivity index (χ0n) is 12.5. The summed E-state index contributed by atoms with van der Waals surface area (Å²) in [5.74, 6) is 1.04. The highest BCUT2D eigenvalue weighted by Crippen LogP contribution is 2.25. The molecule has 0 bridgehead atoms. The molecule has 0 radical (unpaired) electrons. The number of hydrogen-bond donors (Lipinski definition) is 0. The quantitative estimate of drug-likeness (QED) is 0.811. The van der Waals surface area contributed by atoms with Crippen molar-refractivity contribution in [1.29, 1.82) is 0 Å². The number of hydrogen-bond acceptors (Lipinski definition) is 5.